The van der Waals surface area contributed by atoms with Gasteiger partial charge in [0.15, 0.2) is 5.17 Å². The van der Waals surface area contributed by atoms with Crippen LogP contribution in [0.4, 0.5) is 0 Å². The summed E-state index contributed by atoms with van der Waals surface area (Å²) < 4.78 is 47.7. The number of hydrogen-bond donors (Lipinski definition) is 0. The van der Waals surface area contributed by atoms with Crippen molar-refractivity contribution in [2.75, 3.05) is 27.0 Å². The van der Waals surface area contributed by atoms with E-state index in [1.165, 1.54) is 11.8 Å². The molecule has 2 heterocycles. The van der Waals surface area contributed by atoms with E-state index in [1.54, 1.807) is 0 Å². The number of amidine groups is 1. The van der Waals surface area contributed by atoms with Crippen molar-refractivity contribution in [2.24, 2.45) is 4.99 Å². The second kappa shape index (κ2) is 11.2. The Morgan fingerprint density at radius 1 is 0.941 bits per heavy atom. The first kappa shape index (κ1) is 25.2. The van der Waals surface area contributed by atoms with Crippen molar-refractivity contribution in [3.05, 3.63) is 71.8 Å². The maximum Gasteiger partial charge on any atom is 0.264 e. The summed E-state index contributed by atoms with van der Waals surface area (Å²) in [5.41, 5.74) is 1.69. The van der Waals surface area contributed by atoms with Gasteiger partial charge in [0.1, 0.15) is 29.8 Å². The van der Waals surface area contributed by atoms with Crippen LogP contribution < -0.4 is 0 Å². The summed E-state index contributed by atoms with van der Waals surface area (Å²) in [6, 6.07) is 19.4. The van der Waals surface area contributed by atoms with Crippen LogP contribution in [0.2, 0.25) is 0 Å². The van der Waals surface area contributed by atoms with Gasteiger partial charge in [-0.3, -0.25) is 9.18 Å². The minimum absolute atomic E-state index is 0.162. The van der Waals surface area contributed by atoms with E-state index in [9.17, 15) is 8.42 Å². The Labute approximate surface area is 205 Å². The maximum atomic E-state index is 11.7. The molecule has 0 aromatic heterocycles. The lowest BCUT2D eigenvalue weighted by atomic mass is 9.97. The van der Waals surface area contributed by atoms with Crippen molar-refractivity contribution < 1.29 is 26.8 Å². The number of hydrogen-bond acceptors (Lipinski definition) is 9. The fourth-order valence-electron chi connectivity index (χ4n) is 3.86. The molecule has 1 fully saturated rings. The highest BCUT2D eigenvalue weighted by Gasteiger charge is 2.51. The molecule has 0 radical (unpaired) electrons. The van der Waals surface area contributed by atoms with Gasteiger partial charge in [-0.1, -0.05) is 72.4 Å². The molecule has 0 aliphatic carbocycles. The standard InChI is InChI=1S/C24H30N2O6S2/c1-26(2)24-25-20-22(30-15-18-12-8-5-9-13-18)21(29-14-17-10-6-4-7-11-17)19(32-23(20)33-24)16-31-34(3,27)28/h4-13,19-23H,14-16H2,1-3H3/t19-,20-,21+,22-,23-/m1/s1. The normalized spacial score (nSPS) is 26.7. The monoisotopic (exact) mass is 506 g/mol. The van der Waals surface area contributed by atoms with Gasteiger partial charge >= 0.3 is 0 Å². The first-order valence-electron chi connectivity index (χ1n) is 11.0. The zero-order valence-corrected chi connectivity index (χ0v) is 21.1. The third kappa shape index (κ3) is 6.59. The minimum atomic E-state index is -3.65. The fraction of sp³-hybridized carbons (Fsp3) is 0.458. The first-order chi connectivity index (χ1) is 16.3. The molecule has 8 nitrogen and oxygen atoms in total. The van der Waals surface area contributed by atoms with E-state index in [0.717, 1.165) is 22.6 Å². The summed E-state index contributed by atoms with van der Waals surface area (Å²) in [5.74, 6) is 0. The minimum Gasteiger partial charge on any atom is -0.368 e. The predicted molar refractivity (Wildman–Crippen MR) is 132 cm³/mol. The van der Waals surface area contributed by atoms with Crippen LogP contribution in [0.1, 0.15) is 11.1 Å². The molecule has 2 aliphatic heterocycles. The molecule has 0 N–H and O–H groups in total. The van der Waals surface area contributed by atoms with Gasteiger partial charge in [0, 0.05) is 14.1 Å². The Kier molecular flexibility index (Phi) is 8.28. The summed E-state index contributed by atoms with van der Waals surface area (Å²) in [5, 5.41) is 0.829. The molecule has 0 amide bonds. The predicted octanol–water partition coefficient (Wildman–Crippen LogP) is 2.89. The topological polar surface area (TPSA) is 86.7 Å². The van der Waals surface area contributed by atoms with Gasteiger partial charge in [0.05, 0.1) is 26.1 Å². The van der Waals surface area contributed by atoms with Crippen LogP contribution in [0, 0.1) is 0 Å². The van der Waals surface area contributed by atoms with Gasteiger partial charge in [-0.2, -0.15) is 8.42 Å². The molecule has 0 unspecified atom stereocenters. The van der Waals surface area contributed by atoms with Crippen molar-refractivity contribution in [2.45, 2.75) is 43.0 Å². The number of aliphatic imine (C=N–C) groups is 1. The van der Waals surface area contributed by atoms with Crippen LogP contribution in [0.3, 0.4) is 0 Å². The van der Waals surface area contributed by atoms with E-state index < -0.39 is 28.4 Å². The van der Waals surface area contributed by atoms with E-state index in [4.69, 9.17) is 23.4 Å². The number of fused-ring (bicyclic) bond motifs is 1. The van der Waals surface area contributed by atoms with E-state index >= 15 is 0 Å². The SMILES string of the molecule is CN(C)C1=N[C@@H]2[C@@H](OCc3ccccc3)[C@@H](OCc3ccccc3)[C@@H](COS(C)(=O)=O)O[C@@H]2S1. The number of ether oxygens (including phenoxy) is 3. The van der Waals surface area contributed by atoms with Crippen molar-refractivity contribution in [3.8, 4) is 0 Å². The van der Waals surface area contributed by atoms with Crippen LogP contribution in [-0.2, 0) is 41.7 Å². The van der Waals surface area contributed by atoms with E-state index in [1.807, 2.05) is 79.7 Å². The van der Waals surface area contributed by atoms with Gasteiger partial charge in [0.2, 0.25) is 0 Å². The lowest BCUT2D eigenvalue weighted by Crippen LogP contribution is -2.58. The average molecular weight is 507 g/mol. The summed E-state index contributed by atoms with van der Waals surface area (Å²) in [6.45, 7) is 0.534. The van der Waals surface area contributed by atoms with Crippen molar-refractivity contribution >= 4 is 27.0 Å². The molecule has 184 valence electrons. The van der Waals surface area contributed by atoms with Crippen LogP contribution in [-0.4, -0.2) is 75.2 Å². The molecule has 10 heteroatoms. The summed E-state index contributed by atoms with van der Waals surface area (Å²) in [4.78, 5) is 6.80. The average Bonchev–Trinajstić information content (AvgIpc) is 3.25. The molecular formula is C24H30N2O6S2. The zero-order chi connectivity index (χ0) is 24.1. The Morgan fingerprint density at radius 2 is 1.50 bits per heavy atom. The Hall–Kier alpha value is -1.95. The molecule has 34 heavy (non-hydrogen) atoms. The Bertz CT molecular complexity index is 1070. The second-order valence-corrected chi connectivity index (χ2v) is 11.2. The third-order valence-electron chi connectivity index (χ3n) is 5.50. The van der Waals surface area contributed by atoms with Gasteiger partial charge in [-0.25, -0.2) is 0 Å². The zero-order valence-electron chi connectivity index (χ0n) is 19.4. The second-order valence-electron chi connectivity index (χ2n) is 8.47. The molecule has 0 spiro atoms. The highest BCUT2D eigenvalue weighted by molar-refractivity contribution is 8.14. The Morgan fingerprint density at radius 3 is 2.03 bits per heavy atom. The fourth-order valence-corrected chi connectivity index (χ4v) is 5.40. The Balaban J connectivity index is 1.60. The number of thioether (sulfide) groups is 1. The third-order valence-corrected chi connectivity index (χ3v) is 7.36. The van der Waals surface area contributed by atoms with Crippen LogP contribution in [0.25, 0.3) is 0 Å². The molecule has 1 saturated heterocycles. The summed E-state index contributed by atoms with van der Waals surface area (Å²) >= 11 is 1.49. The van der Waals surface area contributed by atoms with Gasteiger partial charge in [-0.15, -0.1) is 0 Å². The number of benzene rings is 2. The largest absolute Gasteiger partial charge is 0.368 e. The molecule has 2 aliphatic rings. The van der Waals surface area contributed by atoms with Crippen molar-refractivity contribution in [1.82, 2.24) is 4.90 Å². The molecular weight excluding hydrogens is 476 g/mol. The maximum absolute atomic E-state index is 11.7. The molecule has 2 aromatic carbocycles. The molecule has 5 atom stereocenters. The van der Waals surface area contributed by atoms with Crippen molar-refractivity contribution in [3.63, 3.8) is 0 Å². The molecule has 4 rings (SSSR count). The van der Waals surface area contributed by atoms with Gasteiger partial charge < -0.3 is 19.1 Å². The van der Waals surface area contributed by atoms with Crippen LogP contribution in [0.15, 0.2) is 65.7 Å². The van der Waals surface area contributed by atoms with Crippen LogP contribution in [0.5, 0.6) is 0 Å². The smallest absolute Gasteiger partial charge is 0.264 e. The van der Waals surface area contributed by atoms with E-state index in [-0.39, 0.29) is 18.1 Å². The lowest BCUT2D eigenvalue weighted by Gasteiger charge is -2.42. The number of nitrogens with zero attached hydrogens (tertiary/aromatic N) is 2. The number of rotatable bonds is 9. The highest BCUT2D eigenvalue weighted by Crippen LogP contribution is 2.40. The lowest BCUT2D eigenvalue weighted by molar-refractivity contribution is -0.203. The van der Waals surface area contributed by atoms with E-state index in [0.29, 0.717) is 13.2 Å². The molecule has 0 saturated carbocycles. The van der Waals surface area contributed by atoms with E-state index in [2.05, 4.69) is 0 Å². The molecule has 0 bridgehead atoms. The summed E-state index contributed by atoms with van der Waals surface area (Å²) in [6.07, 6.45) is -0.664. The van der Waals surface area contributed by atoms with Crippen molar-refractivity contribution in [1.29, 1.82) is 0 Å². The van der Waals surface area contributed by atoms with Gasteiger partial charge in [-0.05, 0) is 11.1 Å². The first-order valence-corrected chi connectivity index (χ1v) is 13.7. The van der Waals surface area contributed by atoms with Crippen LogP contribution >= 0.6 is 11.8 Å². The van der Waals surface area contributed by atoms with Gasteiger partial charge in [0.25, 0.3) is 10.1 Å². The summed E-state index contributed by atoms with van der Waals surface area (Å²) in [7, 11) is 0.201. The molecule has 2 aromatic rings. The quantitative estimate of drug-likeness (QED) is 0.480. The highest BCUT2D eigenvalue weighted by atomic mass is 32.2.